The maximum Gasteiger partial charge on any atom is 0.315 e. The third-order valence-corrected chi connectivity index (χ3v) is 5.14. The molecule has 0 aliphatic carbocycles. The van der Waals surface area contributed by atoms with E-state index in [-0.39, 0.29) is 12.1 Å². The SMILES string of the molecule is CS(=O)(=O)N1CCC(NC(=O)NC[C@@H]2CCOC2)CC1. The Balaban J connectivity index is 1.65. The van der Waals surface area contributed by atoms with Gasteiger partial charge in [0.15, 0.2) is 0 Å². The number of amides is 2. The molecular weight excluding hydrogens is 282 g/mol. The van der Waals surface area contributed by atoms with Crippen LogP contribution in [-0.4, -0.2) is 63.9 Å². The molecule has 20 heavy (non-hydrogen) atoms. The summed E-state index contributed by atoms with van der Waals surface area (Å²) in [7, 11) is -3.11. The van der Waals surface area contributed by atoms with Crippen molar-refractivity contribution in [3.05, 3.63) is 0 Å². The van der Waals surface area contributed by atoms with Gasteiger partial charge in [0.25, 0.3) is 0 Å². The molecule has 0 bridgehead atoms. The second-order valence-corrected chi connectivity index (χ2v) is 7.50. The molecule has 0 aromatic rings. The van der Waals surface area contributed by atoms with Gasteiger partial charge in [0, 0.05) is 38.2 Å². The van der Waals surface area contributed by atoms with Crippen LogP contribution < -0.4 is 10.6 Å². The Kier molecular flexibility index (Phi) is 5.22. The lowest BCUT2D eigenvalue weighted by molar-refractivity contribution is 0.184. The van der Waals surface area contributed by atoms with Gasteiger partial charge in [-0.15, -0.1) is 0 Å². The van der Waals surface area contributed by atoms with E-state index in [1.807, 2.05) is 0 Å². The van der Waals surface area contributed by atoms with Crippen LogP contribution in [0.1, 0.15) is 19.3 Å². The standard InChI is InChI=1S/C12H23N3O4S/c1-20(17,18)15-5-2-11(3-6-15)14-12(16)13-8-10-4-7-19-9-10/h10-11H,2-9H2,1H3,(H2,13,14,16)/t10-/m0/s1. The minimum absolute atomic E-state index is 0.0489. The lowest BCUT2D eigenvalue weighted by Gasteiger charge is -2.30. The normalized spacial score (nSPS) is 25.6. The molecule has 0 spiro atoms. The molecule has 2 N–H and O–H groups in total. The molecule has 0 aromatic carbocycles. The zero-order valence-corrected chi connectivity index (χ0v) is 12.6. The number of nitrogens with one attached hydrogen (secondary N) is 2. The van der Waals surface area contributed by atoms with E-state index in [0.29, 0.717) is 45.0 Å². The van der Waals surface area contributed by atoms with E-state index in [2.05, 4.69) is 10.6 Å². The van der Waals surface area contributed by atoms with Gasteiger partial charge in [-0.1, -0.05) is 0 Å². The van der Waals surface area contributed by atoms with E-state index in [1.54, 1.807) is 0 Å². The van der Waals surface area contributed by atoms with Crippen LogP contribution in [0.25, 0.3) is 0 Å². The molecule has 0 aromatic heterocycles. The summed E-state index contributed by atoms with van der Waals surface area (Å²) in [6.45, 7) is 3.07. The molecule has 2 saturated heterocycles. The highest BCUT2D eigenvalue weighted by Crippen LogP contribution is 2.13. The van der Waals surface area contributed by atoms with E-state index in [4.69, 9.17) is 4.74 Å². The lowest BCUT2D eigenvalue weighted by atomic mass is 10.1. The Morgan fingerprint density at radius 2 is 2.00 bits per heavy atom. The Morgan fingerprint density at radius 1 is 1.30 bits per heavy atom. The minimum Gasteiger partial charge on any atom is -0.381 e. The number of hydrogen-bond acceptors (Lipinski definition) is 4. The third kappa shape index (κ3) is 4.60. The quantitative estimate of drug-likeness (QED) is 0.749. The van der Waals surface area contributed by atoms with Crippen LogP contribution in [0.15, 0.2) is 0 Å². The van der Waals surface area contributed by atoms with Crippen LogP contribution >= 0.6 is 0 Å². The average molecular weight is 305 g/mol. The fraction of sp³-hybridized carbons (Fsp3) is 0.917. The van der Waals surface area contributed by atoms with Crippen molar-refractivity contribution in [3.63, 3.8) is 0 Å². The molecule has 2 rings (SSSR count). The second-order valence-electron chi connectivity index (χ2n) is 5.52. The highest BCUT2D eigenvalue weighted by atomic mass is 32.2. The number of ether oxygens (including phenoxy) is 1. The highest BCUT2D eigenvalue weighted by Gasteiger charge is 2.26. The van der Waals surface area contributed by atoms with E-state index in [0.717, 1.165) is 13.0 Å². The molecule has 2 amide bonds. The maximum absolute atomic E-state index is 11.8. The molecule has 0 radical (unpaired) electrons. The first-order valence-electron chi connectivity index (χ1n) is 7.02. The second kappa shape index (κ2) is 6.73. The number of carbonyl (C=O) groups is 1. The predicted octanol–water partition coefficient (Wildman–Crippen LogP) is -0.254. The number of sulfonamides is 1. The van der Waals surface area contributed by atoms with E-state index in [1.165, 1.54) is 10.6 Å². The van der Waals surface area contributed by atoms with Crippen LogP contribution in [0.3, 0.4) is 0 Å². The van der Waals surface area contributed by atoms with Gasteiger partial charge in [0.2, 0.25) is 10.0 Å². The van der Waals surface area contributed by atoms with Crippen LogP contribution in [0, 0.1) is 5.92 Å². The number of carbonyl (C=O) groups excluding carboxylic acids is 1. The largest absolute Gasteiger partial charge is 0.381 e. The number of urea groups is 1. The smallest absolute Gasteiger partial charge is 0.315 e. The molecule has 2 aliphatic heterocycles. The Hall–Kier alpha value is -0.860. The summed E-state index contributed by atoms with van der Waals surface area (Å²) in [5.41, 5.74) is 0. The topological polar surface area (TPSA) is 87.7 Å². The van der Waals surface area contributed by atoms with Gasteiger partial charge in [-0.3, -0.25) is 0 Å². The fourth-order valence-electron chi connectivity index (χ4n) is 2.55. The van der Waals surface area contributed by atoms with Gasteiger partial charge in [0.1, 0.15) is 0 Å². The Labute approximate surface area is 120 Å². The van der Waals surface area contributed by atoms with Crippen LogP contribution in [0.5, 0.6) is 0 Å². The highest BCUT2D eigenvalue weighted by molar-refractivity contribution is 7.88. The van der Waals surface area contributed by atoms with Crippen molar-refractivity contribution >= 4 is 16.1 Å². The predicted molar refractivity (Wildman–Crippen MR) is 74.9 cm³/mol. The minimum atomic E-state index is -3.11. The molecule has 116 valence electrons. The molecule has 8 heteroatoms. The third-order valence-electron chi connectivity index (χ3n) is 3.83. The summed E-state index contributed by atoms with van der Waals surface area (Å²) in [4.78, 5) is 11.8. The summed E-state index contributed by atoms with van der Waals surface area (Å²) >= 11 is 0. The van der Waals surface area contributed by atoms with Gasteiger partial charge >= 0.3 is 6.03 Å². The van der Waals surface area contributed by atoms with Gasteiger partial charge in [0.05, 0.1) is 12.9 Å². The molecule has 2 heterocycles. The van der Waals surface area contributed by atoms with E-state index >= 15 is 0 Å². The van der Waals surface area contributed by atoms with Crippen molar-refractivity contribution in [1.29, 1.82) is 0 Å². The lowest BCUT2D eigenvalue weighted by Crippen LogP contribution is -2.49. The summed E-state index contributed by atoms with van der Waals surface area (Å²) in [5.74, 6) is 0.410. The Bertz CT molecular complexity index is 426. The van der Waals surface area contributed by atoms with Gasteiger partial charge < -0.3 is 15.4 Å². The molecule has 0 unspecified atom stereocenters. The fourth-order valence-corrected chi connectivity index (χ4v) is 3.42. The van der Waals surface area contributed by atoms with Gasteiger partial charge in [-0.2, -0.15) is 0 Å². The molecule has 0 saturated carbocycles. The Morgan fingerprint density at radius 3 is 2.55 bits per heavy atom. The number of nitrogens with zero attached hydrogens (tertiary/aromatic N) is 1. The first kappa shape index (κ1) is 15.5. The van der Waals surface area contributed by atoms with E-state index in [9.17, 15) is 13.2 Å². The molecular formula is C12H23N3O4S. The zero-order valence-electron chi connectivity index (χ0n) is 11.8. The first-order valence-corrected chi connectivity index (χ1v) is 8.87. The summed E-state index contributed by atoms with van der Waals surface area (Å²) in [5, 5.41) is 5.75. The van der Waals surface area contributed by atoms with Crippen LogP contribution in [0.2, 0.25) is 0 Å². The molecule has 1 atom stereocenters. The monoisotopic (exact) mass is 305 g/mol. The van der Waals surface area contributed by atoms with Gasteiger partial charge in [-0.25, -0.2) is 17.5 Å². The van der Waals surface area contributed by atoms with Crippen molar-refractivity contribution < 1.29 is 17.9 Å². The van der Waals surface area contributed by atoms with Crippen LogP contribution in [-0.2, 0) is 14.8 Å². The molecule has 2 aliphatic rings. The number of hydrogen-bond donors (Lipinski definition) is 2. The number of rotatable bonds is 4. The van der Waals surface area contributed by atoms with Crippen molar-refractivity contribution in [2.24, 2.45) is 5.92 Å². The summed E-state index contributed by atoms with van der Waals surface area (Å²) in [6, 6.07) is -0.123. The average Bonchev–Trinajstić information content (AvgIpc) is 2.89. The number of piperidine rings is 1. The van der Waals surface area contributed by atoms with E-state index < -0.39 is 10.0 Å². The maximum atomic E-state index is 11.8. The van der Waals surface area contributed by atoms with Crippen molar-refractivity contribution in [2.45, 2.75) is 25.3 Å². The summed E-state index contributed by atoms with van der Waals surface area (Å²) in [6.07, 6.45) is 3.53. The molecule has 7 nitrogen and oxygen atoms in total. The van der Waals surface area contributed by atoms with Crippen molar-refractivity contribution in [3.8, 4) is 0 Å². The summed E-state index contributed by atoms with van der Waals surface area (Å²) < 4.78 is 29.5. The first-order chi connectivity index (χ1) is 9.45. The van der Waals surface area contributed by atoms with Gasteiger partial charge in [-0.05, 0) is 19.3 Å². The zero-order chi connectivity index (χ0) is 14.6. The van der Waals surface area contributed by atoms with Crippen molar-refractivity contribution in [2.75, 3.05) is 39.1 Å². The van der Waals surface area contributed by atoms with Crippen molar-refractivity contribution in [1.82, 2.24) is 14.9 Å². The van der Waals surface area contributed by atoms with Crippen LogP contribution in [0.4, 0.5) is 4.79 Å². The molecule has 2 fully saturated rings.